The Bertz CT molecular complexity index is 1720. The Morgan fingerprint density at radius 3 is 2.54 bits per heavy atom. The minimum absolute atomic E-state index is 0.0192. The van der Waals surface area contributed by atoms with E-state index in [1.165, 1.54) is 11.8 Å². The maximum atomic E-state index is 14.1. The molecular formula is C34H35F3N6O3. The number of nitrogens with zero attached hydrogens (tertiary/aromatic N) is 4. The summed E-state index contributed by atoms with van der Waals surface area (Å²) in [6, 6.07) is 13.9. The number of hydrogen-bond acceptors (Lipinski definition) is 6. The van der Waals surface area contributed by atoms with Gasteiger partial charge in [0.05, 0.1) is 16.9 Å². The predicted molar refractivity (Wildman–Crippen MR) is 170 cm³/mol. The lowest BCUT2D eigenvalue weighted by atomic mass is 9.94. The van der Waals surface area contributed by atoms with E-state index in [9.17, 15) is 27.6 Å². The van der Waals surface area contributed by atoms with Crippen LogP contribution in [0.5, 0.6) is 0 Å². The second-order valence-electron chi connectivity index (χ2n) is 12.1. The second kappa shape index (κ2) is 12.2. The highest BCUT2D eigenvalue weighted by atomic mass is 19.4. The number of carbonyl (C=O) groups excluding carboxylic acids is 3. The number of halogens is 3. The Morgan fingerprint density at radius 2 is 1.85 bits per heavy atom. The van der Waals surface area contributed by atoms with Crippen molar-refractivity contribution in [3.8, 4) is 0 Å². The number of pyridine rings is 1. The molecule has 3 amide bonds. The summed E-state index contributed by atoms with van der Waals surface area (Å²) in [5, 5.41) is 6.14. The average Bonchev–Trinajstić information content (AvgIpc) is 3.35. The molecule has 1 saturated heterocycles. The number of rotatable bonds is 5. The van der Waals surface area contributed by atoms with E-state index in [0.717, 1.165) is 46.8 Å². The predicted octanol–water partition coefficient (Wildman–Crippen LogP) is 4.98. The van der Waals surface area contributed by atoms with Crippen LogP contribution in [0.15, 0.2) is 66.2 Å². The van der Waals surface area contributed by atoms with Crippen molar-refractivity contribution in [1.82, 2.24) is 10.3 Å². The summed E-state index contributed by atoms with van der Waals surface area (Å²) in [6.07, 6.45) is -1.91. The summed E-state index contributed by atoms with van der Waals surface area (Å²) in [4.78, 5) is 49.3. The van der Waals surface area contributed by atoms with Gasteiger partial charge in [-0.15, -0.1) is 0 Å². The van der Waals surface area contributed by atoms with Gasteiger partial charge in [0.15, 0.2) is 0 Å². The number of carbonyl (C=O) groups is 3. The van der Waals surface area contributed by atoms with Crippen LogP contribution >= 0.6 is 0 Å². The van der Waals surface area contributed by atoms with Crippen molar-refractivity contribution < 1.29 is 27.6 Å². The fourth-order valence-electron chi connectivity index (χ4n) is 6.59. The van der Waals surface area contributed by atoms with Crippen molar-refractivity contribution in [2.75, 3.05) is 46.7 Å². The molecule has 12 heteroatoms. The van der Waals surface area contributed by atoms with Crippen LogP contribution in [-0.4, -0.2) is 55.4 Å². The van der Waals surface area contributed by atoms with Crippen molar-refractivity contribution in [3.05, 3.63) is 88.6 Å². The first-order chi connectivity index (χ1) is 21.9. The number of nitrogens with one attached hydrogen (secondary N) is 2. The summed E-state index contributed by atoms with van der Waals surface area (Å²) in [7, 11) is 1.63. The molecule has 0 saturated carbocycles. The van der Waals surface area contributed by atoms with Gasteiger partial charge in [-0.3, -0.25) is 19.3 Å². The maximum Gasteiger partial charge on any atom is 0.416 e. The van der Waals surface area contributed by atoms with E-state index < -0.39 is 29.6 Å². The summed E-state index contributed by atoms with van der Waals surface area (Å²) >= 11 is 0. The maximum absolute atomic E-state index is 14.1. The molecule has 1 aromatic heterocycles. The van der Waals surface area contributed by atoms with E-state index >= 15 is 0 Å². The van der Waals surface area contributed by atoms with Gasteiger partial charge in [-0.25, -0.2) is 4.98 Å². The molecule has 9 nitrogen and oxygen atoms in total. The molecule has 0 aliphatic carbocycles. The third kappa shape index (κ3) is 6.09. The molecule has 4 heterocycles. The SMILES string of the molecule is Cc1cc(C(F)(F)F)cc(N2C(=O)C[C@@H]3CN(Cc4ccc(NC(=O)C5=CCCNC5)cc4)c4c(C)cccc4N(C)C(=O)[C@H]32)n1. The van der Waals surface area contributed by atoms with Crippen molar-refractivity contribution in [3.63, 3.8) is 0 Å². The molecule has 3 aromatic rings. The van der Waals surface area contributed by atoms with Crippen LogP contribution in [0.4, 0.5) is 36.1 Å². The first kappa shape index (κ1) is 31.3. The molecule has 0 unspecified atom stereocenters. The van der Waals surface area contributed by atoms with Crippen LogP contribution in [0.2, 0.25) is 0 Å². The largest absolute Gasteiger partial charge is 0.416 e. The molecule has 2 atom stereocenters. The summed E-state index contributed by atoms with van der Waals surface area (Å²) < 4.78 is 41.2. The van der Waals surface area contributed by atoms with E-state index in [1.807, 2.05) is 55.5 Å². The number of amides is 3. The minimum atomic E-state index is -4.64. The highest BCUT2D eigenvalue weighted by Gasteiger charge is 2.49. The lowest BCUT2D eigenvalue weighted by Crippen LogP contribution is -2.52. The number of anilines is 4. The van der Waals surface area contributed by atoms with E-state index in [1.54, 1.807) is 7.05 Å². The topological polar surface area (TPSA) is 97.9 Å². The molecular weight excluding hydrogens is 597 g/mol. The number of alkyl halides is 3. The first-order valence-electron chi connectivity index (χ1n) is 15.2. The van der Waals surface area contributed by atoms with Gasteiger partial charge in [0.1, 0.15) is 11.9 Å². The number of para-hydroxylation sites is 1. The zero-order chi connectivity index (χ0) is 32.7. The third-order valence-electron chi connectivity index (χ3n) is 8.78. The molecule has 240 valence electrons. The minimum Gasteiger partial charge on any atom is -0.365 e. The summed E-state index contributed by atoms with van der Waals surface area (Å²) in [6.45, 7) is 5.51. The Labute approximate surface area is 265 Å². The van der Waals surface area contributed by atoms with Crippen molar-refractivity contribution >= 4 is 40.6 Å². The highest BCUT2D eigenvalue weighted by molar-refractivity contribution is 6.10. The molecule has 0 spiro atoms. The Hall–Kier alpha value is -4.71. The number of aryl methyl sites for hydroxylation is 2. The fourth-order valence-corrected chi connectivity index (χ4v) is 6.59. The van der Waals surface area contributed by atoms with Crippen molar-refractivity contribution in [2.45, 2.75) is 45.5 Å². The van der Waals surface area contributed by atoms with Gasteiger partial charge >= 0.3 is 6.18 Å². The second-order valence-corrected chi connectivity index (χ2v) is 12.1. The monoisotopic (exact) mass is 632 g/mol. The van der Waals surface area contributed by atoms with E-state index in [2.05, 4.69) is 20.5 Å². The molecule has 1 fully saturated rings. The number of aromatic nitrogens is 1. The molecule has 6 rings (SSSR count). The number of likely N-dealkylation sites (N-methyl/N-ethyl adjacent to an activating group) is 1. The average molecular weight is 633 g/mol. The number of fused-ring (bicyclic) bond motifs is 2. The van der Waals surface area contributed by atoms with Crippen LogP contribution < -0.4 is 25.3 Å². The number of benzene rings is 2. The van der Waals surface area contributed by atoms with E-state index in [0.29, 0.717) is 36.6 Å². The zero-order valence-corrected chi connectivity index (χ0v) is 25.8. The standard InChI is InChI=1S/C34H35F3N6O3/c1-20-6-4-8-27-30(20)42(18-22-9-11-26(12-10-22)40-32(45)23-7-5-13-38-17-23)19-24-15-29(44)43(31(24)33(46)41(27)3)28-16-25(34(35,36)37)14-21(2)39-28/h4,6-12,14,16,24,31,38H,5,13,15,17-19H2,1-3H3,(H,40,45)/t24-,31+/m1/s1. The molecule has 2 N–H and O–H groups in total. The Kier molecular flexibility index (Phi) is 8.32. The molecule has 46 heavy (non-hydrogen) atoms. The lowest BCUT2D eigenvalue weighted by molar-refractivity contribution is -0.137. The van der Waals surface area contributed by atoms with Crippen LogP contribution in [0.25, 0.3) is 0 Å². The third-order valence-corrected chi connectivity index (χ3v) is 8.78. The van der Waals surface area contributed by atoms with Gasteiger partial charge in [-0.2, -0.15) is 13.2 Å². The van der Waals surface area contributed by atoms with Crippen LogP contribution in [0.3, 0.4) is 0 Å². The van der Waals surface area contributed by atoms with E-state index in [-0.39, 0.29) is 29.7 Å². The highest BCUT2D eigenvalue weighted by Crippen LogP contribution is 2.42. The first-order valence-corrected chi connectivity index (χ1v) is 15.2. The van der Waals surface area contributed by atoms with Gasteiger partial charge < -0.3 is 20.4 Å². The molecule has 2 aromatic carbocycles. The summed E-state index contributed by atoms with van der Waals surface area (Å²) in [5.41, 5.74) is 3.88. The van der Waals surface area contributed by atoms with Crippen LogP contribution in [0, 0.1) is 19.8 Å². The zero-order valence-electron chi connectivity index (χ0n) is 25.8. The van der Waals surface area contributed by atoms with Gasteiger partial charge in [0.2, 0.25) is 11.8 Å². The van der Waals surface area contributed by atoms with Crippen molar-refractivity contribution in [2.24, 2.45) is 5.92 Å². The van der Waals surface area contributed by atoms with Crippen LogP contribution in [0.1, 0.15) is 35.2 Å². The summed E-state index contributed by atoms with van der Waals surface area (Å²) in [5.74, 6) is -1.67. The van der Waals surface area contributed by atoms with E-state index in [4.69, 9.17) is 0 Å². The smallest absolute Gasteiger partial charge is 0.365 e. The van der Waals surface area contributed by atoms with Gasteiger partial charge in [0, 0.05) is 56.0 Å². The molecule has 3 aliphatic rings. The normalized spacial score (nSPS) is 20.1. The quantitative estimate of drug-likeness (QED) is 0.412. The fraction of sp³-hybridized carbons (Fsp3) is 0.353. The van der Waals surface area contributed by atoms with Gasteiger partial charge in [0.25, 0.3) is 5.91 Å². The van der Waals surface area contributed by atoms with Gasteiger partial charge in [-0.1, -0.05) is 30.3 Å². The molecule has 0 radical (unpaired) electrons. The van der Waals surface area contributed by atoms with Crippen LogP contribution in [-0.2, 0) is 27.1 Å². The molecule has 3 aliphatic heterocycles. The van der Waals surface area contributed by atoms with Crippen molar-refractivity contribution in [1.29, 1.82) is 0 Å². The number of hydrogen-bond donors (Lipinski definition) is 2. The molecule has 0 bridgehead atoms. The Morgan fingerprint density at radius 1 is 1.09 bits per heavy atom. The lowest BCUT2D eigenvalue weighted by Gasteiger charge is -2.39. The van der Waals surface area contributed by atoms with Gasteiger partial charge in [-0.05, 0) is 68.3 Å². The Balaban J connectivity index is 1.32.